The first kappa shape index (κ1) is 12.4. The lowest BCUT2D eigenvalue weighted by Gasteiger charge is -2.10. The Balaban J connectivity index is 2.29. The van der Waals surface area contributed by atoms with Crippen molar-refractivity contribution >= 4 is 11.6 Å². The maximum absolute atomic E-state index is 13.2. The van der Waals surface area contributed by atoms with Gasteiger partial charge in [-0.1, -0.05) is 18.2 Å². The number of benzene rings is 1. The molecule has 15 heavy (non-hydrogen) atoms. The lowest BCUT2D eigenvalue weighted by Crippen LogP contribution is -2.26. The number of methoxy groups -OCH3 is 1. The molecule has 0 saturated heterocycles. The quantitative estimate of drug-likeness (QED) is 0.758. The van der Waals surface area contributed by atoms with Crippen LogP contribution in [0.3, 0.4) is 0 Å². The number of ether oxygens (including phenoxy) is 1. The summed E-state index contributed by atoms with van der Waals surface area (Å²) in [5.74, 6) is -0.192. The maximum atomic E-state index is 13.2. The Bertz CT molecular complexity index is 296. The van der Waals surface area contributed by atoms with Crippen LogP contribution in [0, 0.1) is 5.82 Å². The largest absolute Gasteiger partial charge is 0.383 e. The van der Waals surface area contributed by atoms with Crippen molar-refractivity contribution in [2.75, 3.05) is 20.3 Å². The van der Waals surface area contributed by atoms with Crippen LogP contribution >= 0.6 is 11.6 Å². The number of halogens is 2. The molecule has 0 radical (unpaired) electrons. The van der Waals surface area contributed by atoms with Crippen molar-refractivity contribution in [3.8, 4) is 0 Å². The highest BCUT2D eigenvalue weighted by Gasteiger charge is 2.04. The molecule has 0 aliphatic heterocycles. The molecule has 1 aromatic rings. The van der Waals surface area contributed by atoms with Gasteiger partial charge in [-0.2, -0.15) is 0 Å². The molecule has 0 saturated carbocycles. The monoisotopic (exact) mass is 231 g/mol. The molecule has 2 nitrogen and oxygen atoms in total. The second kappa shape index (κ2) is 6.77. The molecule has 4 heteroatoms. The van der Waals surface area contributed by atoms with Crippen LogP contribution in [0.15, 0.2) is 24.3 Å². The van der Waals surface area contributed by atoms with Crippen molar-refractivity contribution in [2.24, 2.45) is 0 Å². The fraction of sp³-hybridized carbons (Fsp3) is 0.455. The minimum Gasteiger partial charge on any atom is -0.383 e. The Morgan fingerprint density at radius 2 is 2.20 bits per heavy atom. The summed E-state index contributed by atoms with van der Waals surface area (Å²) in [7, 11) is 1.60. The standard InChI is InChI=1S/C11H15ClFNO/c1-15-8-10(12)7-14-6-9-4-2-3-5-11(9)13/h2-5,10,14H,6-8H2,1H3. The van der Waals surface area contributed by atoms with Crippen molar-refractivity contribution in [1.29, 1.82) is 0 Å². The molecule has 0 bridgehead atoms. The molecule has 0 aliphatic carbocycles. The molecule has 1 N–H and O–H groups in total. The van der Waals surface area contributed by atoms with Crippen LogP contribution in [-0.2, 0) is 11.3 Å². The third-order valence-electron chi connectivity index (χ3n) is 1.99. The first-order valence-electron chi connectivity index (χ1n) is 4.81. The number of hydrogen-bond donors (Lipinski definition) is 1. The fourth-order valence-electron chi connectivity index (χ4n) is 1.24. The summed E-state index contributed by atoms with van der Waals surface area (Å²) in [6.45, 7) is 1.58. The second-order valence-corrected chi connectivity index (χ2v) is 3.89. The Morgan fingerprint density at radius 1 is 1.47 bits per heavy atom. The van der Waals surface area contributed by atoms with E-state index < -0.39 is 0 Å². The van der Waals surface area contributed by atoms with E-state index in [4.69, 9.17) is 16.3 Å². The summed E-state index contributed by atoms with van der Waals surface area (Å²) >= 11 is 5.91. The van der Waals surface area contributed by atoms with Gasteiger partial charge in [-0.15, -0.1) is 11.6 Å². The summed E-state index contributed by atoms with van der Waals surface area (Å²) in [6, 6.07) is 6.69. The Labute approximate surface area is 94.4 Å². The van der Waals surface area contributed by atoms with E-state index in [1.807, 2.05) is 6.07 Å². The average molecular weight is 232 g/mol. The van der Waals surface area contributed by atoms with Gasteiger partial charge in [-0.3, -0.25) is 0 Å². The van der Waals surface area contributed by atoms with Gasteiger partial charge in [0.2, 0.25) is 0 Å². The summed E-state index contributed by atoms with van der Waals surface area (Å²) in [6.07, 6.45) is 0. The van der Waals surface area contributed by atoms with E-state index in [-0.39, 0.29) is 11.2 Å². The Hall–Kier alpha value is -0.640. The van der Waals surface area contributed by atoms with Gasteiger partial charge < -0.3 is 10.1 Å². The van der Waals surface area contributed by atoms with E-state index in [1.165, 1.54) is 6.07 Å². The number of alkyl halides is 1. The van der Waals surface area contributed by atoms with Crippen LogP contribution in [-0.4, -0.2) is 25.6 Å². The Kier molecular flexibility index (Phi) is 5.61. The topological polar surface area (TPSA) is 21.3 Å². The lowest BCUT2D eigenvalue weighted by atomic mass is 10.2. The minimum atomic E-state index is -0.192. The van der Waals surface area contributed by atoms with Crippen molar-refractivity contribution in [1.82, 2.24) is 5.32 Å². The zero-order valence-electron chi connectivity index (χ0n) is 8.67. The lowest BCUT2D eigenvalue weighted by molar-refractivity contribution is 0.197. The van der Waals surface area contributed by atoms with E-state index >= 15 is 0 Å². The summed E-state index contributed by atoms with van der Waals surface area (Å²) in [4.78, 5) is 0. The molecule has 0 fully saturated rings. The zero-order chi connectivity index (χ0) is 11.1. The first-order valence-corrected chi connectivity index (χ1v) is 5.25. The van der Waals surface area contributed by atoms with Gasteiger partial charge >= 0.3 is 0 Å². The highest BCUT2D eigenvalue weighted by Crippen LogP contribution is 2.05. The van der Waals surface area contributed by atoms with Crippen LogP contribution in [0.2, 0.25) is 0 Å². The van der Waals surface area contributed by atoms with Gasteiger partial charge in [-0.05, 0) is 6.07 Å². The predicted molar refractivity (Wildman–Crippen MR) is 59.6 cm³/mol. The number of rotatable bonds is 6. The van der Waals surface area contributed by atoms with Gasteiger partial charge in [0, 0.05) is 25.8 Å². The van der Waals surface area contributed by atoms with Crippen molar-refractivity contribution in [3.63, 3.8) is 0 Å². The van der Waals surface area contributed by atoms with Crippen LogP contribution in [0.4, 0.5) is 4.39 Å². The van der Waals surface area contributed by atoms with Crippen LogP contribution in [0.1, 0.15) is 5.56 Å². The third-order valence-corrected chi connectivity index (χ3v) is 2.27. The van der Waals surface area contributed by atoms with Gasteiger partial charge in [0.15, 0.2) is 0 Å². The maximum Gasteiger partial charge on any atom is 0.127 e. The molecule has 0 spiro atoms. The van der Waals surface area contributed by atoms with Gasteiger partial charge in [0.05, 0.1) is 12.0 Å². The fourth-order valence-corrected chi connectivity index (χ4v) is 1.48. The molecule has 0 amide bonds. The highest BCUT2D eigenvalue weighted by atomic mass is 35.5. The van der Waals surface area contributed by atoms with Crippen molar-refractivity contribution < 1.29 is 9.13 Å². The summed E-state index contributed by atoms with van der Waals surface area (Å²) < 4.78 is 18.0. The number of nitrogens with one attached hydrogen (secondary N) is 1. The minimum absolute atomic E-state index is 0.0817. The van der Waals surface area contributed by atoms with Crippen molar-refractivity contribution in [3.05, 3.63) is 35.6 Å². The van der Waals surface area contributed by atoms with Gasteiger partial charge in [0.1, 0.15) is 5.82 Å². The zero-order valence-corrected chi connectivity index (χ0v) is 9.43. The average Bonchev–Trinajstić information content (AvgIpc) is 2.21. The molecule has 1 aromatic carbocycles. The van der Waals surface area contributed by atoms with E-state index in [2.05, 4.69) is 5.32 Å². The van der Waals surface area contributed by atoms with Crippen LogP contribution in [0.25, 0.3) is 0 Å². The molecule has 1 unspecified atom stereocenters. The smallest absolute Gasteiger partial charge is 0.127 e. The molecule has 1 rings (SSSR count). The van der Waals surface area contributed by atoms with E-state index in [0.717, 1.165) is 0 Å². The van der Waals surface area contributed by atoms with E-state index in [9.17, 15) is 4.39 Å². The molecule has 0 heterocycles. The van der Waals surface area contributed by atoms with E-state index in [1.54, 1.807) is 19.2 Å². The highest BCUT2D eigenvalue weighted by molar-refractivity contribution is 6.20. The molecular weight excluding hydrogens is 217 g/mol. The summed E-state index contributed by atoms with van der Waals surface area (Å²) in [5.41, 5.74) is 0.652. The molecule has 84 valence electrons. The van der Waals surface area contributed by atoms with E-state index in [0.29, 0.717) is 25.3 Å². The summed E-state index contributed by atoms with van der Waals surface area (Å²) in [5, 5.41) is 2.99. The third kappa shape index (κ3) is 4.60. The Morgan fingerprint density at radius 3 is 2.87 bits per heavy atom. The SMILES string of the molecule is COCC(Cl)CNCc1ccccc1F. The van der Waals surface area contributed by atoms with Crippen LogP contribution in [0.5, 0.6) is 0 Å². The first-order chi connectivity index (χ1) is 7.24. The molecular formula is C11H15ClFNO. The van der Waals surface area contributed by atoms with Gasteiger partial charge in [0.25, 0.3) is 0 Å². The molecule has 1 atom stereocenters. The number of hydrogen-bond acceptors (Lipinski definition) is 2. The predicted octanol–water partition coefficient (Wildman–Crippen LogP) is 2.17. The molecule has 0 aromatic heterocycles. The molecule has 0 aliphatic rings. The van der Waals surface area contributed by atoms with Gasteiger partial charge in [-0.25, -0.2) is 4.39 Å². The van der Waals surface area contributed by atoms with Crippen LogP contribution < -0.4 is 5.32 Å². The normalized spacial score (nSPS) is 12.7. The van der Waals surface area contributed by atoms with Crippen molar-refractivity contribution in [2.45, 2.75) is 11.9 Å². The second-order valence-electron chi connectivity index (χ2n) is 3.27.